The number of para-hydroxylation sites is 1. The number of nitrogens with one attached hydrogen (secondary N) is 1. The fourth-order valence-corrected chi connectivity index (χ4v) is 13.6. The van der Waals surface area contributed by atoms with Crippen molar-refractivity contribution in [1.29, 1.82) is 0 Å². The molecular formula is C72H60BF28N. The summed E-state index contributed by atoms with van der Waals surface area (Å²) in [4.78, 5) is 1.72. The van der Waals surface area contributed by atoms with Crippen LogP contribution in [0.1, 0.15) is 143 Å². The lowest BCUT2D eigenvalue weighted by atomic mass is 9.11. The molecule has 9 rings (SSSR count). The van der Waals surface area contributed by atoms with Crippen molar-refractivity contribution in [1.82, 2.24) is 0 Å². The molecule has 552 valence electrons. The van der Waals surface area contributed by atoms with Crippen molar-refractivity contribution in [3.63, 3.8) is 0 Å². The summed E-state index contributed by atoms with van der Waals surface area (Å²) in [5, 5.41) is -27.0. The Morgan fingerprint density at radius 1 is 0.216 bits per heavy atom. The molecule has 0 radical (unpaired) electrons. The van der Waals surface area contributed by atoms with Gasteiger partial charge in [0.05, 0.1) is 34.6 Å². The van der Waals surface area contributed by atoms with Gasteiger partial charge in [-0.2, -0.15) is 0 Å². The first-order valence-electron chi connectivity index (χ1n) is 32.4. The molecule has 0 bridgehead atoms. The van der Waals surface area contributed by atoms with Gasteiger partial charge in [0.25, 0.3) is 0 Å². The number of halogens is 28. The first-order chi connectivity index (χ1) is 48.1. The van der Waals surface area contributed by atoms with E-state index in [0.717, 1.165) is 11.8 Å². The molecule has 0 saturated heterocycles. The monoisotopic (exact) mass is 1480 g/mol. The van der Waals surface area contributed by atoms with E-state index < -0.39 is 234 Å². The Kier molecular flexibility index (Phi) is 25.7. The highest BCUT2D eigenvalue weighted by atomic mass is 19.2. The lowest BCUT2D eigenvalue weighted by molar-refractivity contribution is -0.833. The van der Waals surface area contributed by atoms with Gasteiger partial charge in [0.15, 0.2) is 140 Å². The van der Waals surface area contributed by atoms with Crippen molar-refractivity contribution in [3.05, 3.63) is 193 Å². The Morgan fingerprint density at radius 3 is 0.598 bits per heavy atom. The Bertz CT molecular complexity index is 4120. The second kappa shape index (κ2) is 32.8. The largest absolute Gasteiger partial charge is 0.302 e. The fourth-order valence-electron chi connectivity index (χ4n) is 13.6. The van der Waals surface area contributed by atoms with Gasteiger partial charge in [0.1, 0.15) is 35.1 Å². The van der Waals surface area contributed by atoms with Gasteiger partial charge in [-0.05, 0) is 71.2 Å². The summed E-state index contributed by atoms with van der Waals surface area (Å²) in [6.45, 7) is 12.0. The van der Waals surface area contributed by atoms with Crippen LogP contribution in [-0.2, 0) is 0 Å². The average molecular weight is 1480 g/mol. The normalized spacial score (nSPS) is 12.2. The zero-order valence-electron chi connectivity index (χ0n) is 54.3. The molecule has 0 fully saturated rings. The van der Waals surface area contributed by atoms with Crippen molar-refractivity contribution in [2.24, 2.45) is 11.8 Å². The van der Waals surface area contributed by atoms with E-state index in [4.69, 9.17) is 0 Å². The zero-order chi connectivity index (χ0) is 75.6. The molecule has 0 heterocycles. The van der Waals surface area contributed by atoms with Crippen LogP contribution >= 0.6 is 0 Å². The van der Waals surface area contributed by atoms with Gasteiger partial charge in [-0.3, -0.25) is 0 Å². The molecule has 102 heavy (non-hydrogen) atoms. The quantitative estimate of drug-likeness (QED) is 0.0172. The van der Waals surface area contributed by atoms with E-state index in [9.17, 15) is 17.6 Å². The summed E-state index contributed by atoms with van der Waals surface area (Å²) >= 11 is 0. The minimum absolute atomic E-state index is 0.879. The maximum atomic E-state index is 17.3. The van der Waals surface area contributed by atoms with Gasteiger partial charge < -0.3 is 4.90 Å². The first kappa shape index (κ1) is 79.8. The number of hydrogen-bond acceptors (Lipinski definition) is 0. The van der Waals surface area contributed by atoms with Gasteiger partial charge in [-0.1, -0.05) is 136 Å². The summed E-state index contributed by atoms with van der Waals surface area (Å²) in [5.74, 6) is -102. The molecule has 9 aromatic rings. The summed E-state index contributed by atoms with van der Waals surface area (Å²) in [6, 6.07) is 11.3. The van der Waals surface area contributed by atoms with E-state index in [1.54, 1.807) is 4.90 Å². The Balaban J connectivity index is 0.000000337. The molecule has 0 aliphatic carbocycles. The van der Waals surface area contributed by atoms with Gasteiger partial charge in [-0.25, -0.2) is 123 Å². The van der Waals surface area contributed by atoms with E-state index in [0.29, 0.717) is 0 Å². The van der Waals surface area contributed by atoms with E-state index in [1.807, 2.05) is 0 Å². The molecule has 0 spiro atoms. The highest BCUT2D eigenvalue weighted by Crippen LogP contribution is 2.42. The molecule has 0 aromatic heterocycles. The van der Waals surface area contributed by atoms with Crippen LogP contribution in [0.25, 0.3) is 43.1 Å². The van der Waals surface area contributed by atoms with Crippen LogP contribution in [0.5, 0.6) is 0 Å². The molecule has 0 aliphatic rings. The second-order valence-corrected chi connectivity index (χ2v) is 25.8. The maximum absolute atomic E-state index is 17.3. The van der Waals surface area contributed by atoms with Crippen LogP contribution in [0.3, 0.4) is 0 Å². The number of quaternary nitrogens is 1. The van der Waals surface area contributed by atoms with Crippen molar-refractivity contribution in [2.45, 2.75) is 143 Å². The maximum Gasteiger partial charge on any atom is 0.198 e. The summed E-state index contributed by atoms with van der Waals surface area (Å²) in [5.41, 5.74) is -14.0. The minimum atomic E-state index is -8.05. The molecule has 0 unspecified atom stereocenters. The average Bonchev–Trinajstić information content (AvgIpc) is 0.662. The predicted octanol–water partition coefficient (Wildman–Crippen LogP) is 21.1. The van der Waals surface area contributed by atoms with Gasteiger partial charge >= 0.3 is 0 Å². The predicted molar refractivity (Wildman–Crippen MR) is 328 cm³/mol. The van der Waals surface area contributed by atoms with Gasteiger partial charge in [0, 0.05) is 0 Å². The number of unbranched alkanes of at least 4 members (excludes halogenated alkanes) is 14. The third-order valence-corrected chi connectivity index (χ3v) is 18.4. The van der Waals surface area contributed by atoms with Crippen LogP contribution in [0.15, 0.2) is 30.3 Å². The van der Waals surface area contributed by atoms with E-state index in [1.165, 1.54) is 134 Å². The molecule has 0 aliphatic heterocycles. The second-order valence-electron chi connectivity index (χ2n) is 25.8. The third kappa shape index (κ3) is 14.4. The number of rotatable bonds is 27. The molecule has 1 nitrogen and oxygen atoms in total. The molecular weight excluding hydrogens is 1420 g/mol. The Morgan fingerprint density at radius 2 is 0.392 bits per heavy atom. The lowest BCUT2D eigenvalue weighted by Crippen LogP contribution is -3.07. The Labute approximate surface area is 564 Å². The van der Waals surface area contributed by atoms with E-state index in [2.05, 4.69) is 58.0 Å². The number of hydrogen-bond donors (Lipinski definition) is 1. The van der Waals surface area contributed by atoms with Crippen molar-refractivity contribution < 1.29 is 128 Å². The highest BCUT2D eigenvalue weighted by Gasteiger charge is 2.52. The zero-order valence-corrected chi connectivity index (χ0v) is 54.3. The van der Waals surface area contributed by atoms with Crippen LogP contribution in [0.2, 0.25) is 0 Å². The van der Waals surface area contributed by atoms with Crippen LogP contribution in [0, 0.1) is 175 Å². The molecule has 0 atom stereocenters. The summed E-state index contributed by atoms with van der Waals surface area (Å²) < 4.78 is 446. The number of fused-ring (bicyclic) bond motifs is 4. The number of benzene rings is 9. The molecule has 9 aromatic carbocycles. The first-order valence-corrected chi connectivity index (χ1v) is 32.4. The minimum Gasteiger partial charge on any atom is -0.302 e. The molecule has 30 heteroatoms. The topological polar surface area (TPSA) is 4.44 Å². The summed E-state index contributed by atoms with van der Waals surface area (Å²) in [6.07, 6.45) is 17.7. The molecule has 1 N–H and O–H groups in total. The van der Waals surface area contributed by atoms with Crippen molar-refractivity contribution >= 4 is 76.8 Å². The smallest absolute Gasteiger partial charge is 0.198 e. The van der Waals surface area contributed by atoms with E-state index in [-0.39, 0.29) is 0 Å². The lowest BCUT2D eigenvalue weighted by Gasteiger charge is -2.47. The van der Waals surface area contributed by atoms with Gasteiger partial charge in [0.2, 0.25) is 0 Å². The Hall–Kier alpha value is -7.92. The van der Waals surface area contributed by atoms with Crippen molar-refractivity contribution in [2.75, 3.05) is 13.1 Å². The third-order valence-electron chi connectivity index (χ3n) is 18.4. The van der Waals surface area contributed by atoms with Crippen LogP contribution < -0.4 is 26.8 Å². The van der Waals surface area contributed by atoms with Crippen molar-refractivity contribution in [3.8, 4) is 0 Å². The highest BCUT2D eigenvalue weighted by molar-refractivity contribution is 7.23. The summed E-state index contributed by atoms with van der Waals surface area (Å²) in [7, 11) is 0. The SMILES string of the molecule is CC(C)CCCCCCCCCC[NH+](CCCCCCCCCCC(C)C)c1ccccc1.Fc1c(F)c(F)c2c([B-](c3c(F)c(F)c(F)c4c(F)c(F)c(F)c(F)c34)(c3c(F)c(F)c(F)c4c(F)c(F)c(F)c(F)c34)c3c(F)c(F)c(F)c4c(F)c(F)c(F)c(F)c34)c(F)c(F)c(F)c2c1F. The standard InChI is InChI=1S/C40BF28.C32H59N/c42-13-1-5(21(50)37(66)33(13)62)17(46)29(58)25(54)9(1)41(10-2-6(18(47)30(59)26(10)55)22(51)38(67)34(63)14(2)43,11-3-7(19(48)31(60)27(11)56)23(52)39(68)35(64)15(3)44)12-4-8(20(49)32(61)28(12)57)24(53)40(69)36(65)16(4)45;1-30(2)24-18-13-9-5-7-11-15-22-28-33(32-26-20-17-21-27-32)29-23-16-12-8-6-10-14-19-25-31(3)4/h;17,20-21,26-27,30-31H,5-16,18-19,22-25,28-29H2,1-4H3/q-1;/p+1. The van der Waals surface area contributed by atoms with E-state index >= 15 is 105 Å². The fraction of sp³-hybridized carbons (Fsp3) is 0.361. The van der Waals surface area contributed by atoms with Gasteiger partial charge in [-0.15, -0.1) is 21.9 Å². The molecule has 0 saturated carbocycles. The van der Waals surface area contributed by atoms with Crippen LogP contribution in [0.4, 0.5) is 129 Å². The van der Waals surface area contributed by atoms with Crippen LogP contribution in [-0.4, -0.2) is 19.2 Å². The molecule has 0 amide bonds.